The van der Waals surface area contributed by atoms with Crippen molar-refractivity contribution in [3.8, 4) is 6.07 Å². The van der Waals surface area contributed by atoms with Crippen molar-refractivity contribution in [3.63, 3.8) is 0 Å². The Morgan fingerprint density at radius 2 is 2.17 bits per heavy atom. The second-order valence-electron chi connectivity index (χ2n) is 4.12. The van der Waals surface area contributed by atoms with Gasteiger partial charge < -0.3 is 11.5 Å². The summed E-state index contributed by atoms with van der Waals surface area (Å²) in [4.78, 5) is 12.8. The number of nitrogen functional groups attached to an aromatic ring is 1. The molecule has 1 unspecified atom stereocenters. The molecule has 4 N–H and O–H groups in total. The van der Waals surface area contributed by atoms with E-state index in [-0.39, 0.29) is 12.6 Å². The van der Waals surface area contributed by atoms with Gasteiger partial charge in [0, 0.05) is 12.2 Å². The summed E-state index contributed by atoms with van der Waals surface area (Å²) >= 11 is 0. The third-order valence-electron chi connectivity index (χ3n) is 2.76. The van der Waals surface area contributed by atoms with Crippen molar-refractivity contribution < 1.29 is 4.79 Å². The smallest absolute Gasteiger partial charge is 0.231 e. The first-order valence-electron chi connectivity index (χ1n) is 5.83. The summed E-state index contributed by atoms with van der Waals surface area (Å²) < 4.78 is 0. The quantitative estimate of drug-likeness (QED) is 0.727. The number of carbonyl (C=O) groups is 1. The van der Waals surface area contributed by atoms with E-state index in [4.69, 9.17) is 16.7 Å². The van der Waals surface area contributed by atoms with Gasteiger partial charge in [-0.1, -0.05) is 25.1 Å². The van der Waals surface area contributed by atoms with Gasteiger partial charge in [0.1, 0.15) is 0 Å². The van der Waals surface area contributed by atoms with Crippen LogP contribution in [-0.4, -0.2) is 23.4 Å². The molecule has 0 spiro atoms. The minimum atomic E-state index is -0.446. The Morgan fingerprint density at radius 1 is 1.50 bits per heavy atom. The normalized spacial score (nSPS) is 12.1. The molecule has 0 aliphatic carbocycles. The molecule has 0 heterocycles. The maximum Gasteiger partial charge on any atom is 0.231 e. The summed E-state index contributed by atoms with van der Waals surface area (Å²) in [5.41, 5.74) is 12.6. The van der Waals surface area contributed by atoms with Crippen molar-refractivity contribution in [1.29, 1.82) is 5.26 Å². The summed E-state index contributed by atoms with van der Waals surface area (Å²) in [7, 11) is 0. The highest BCUT2D eigenvalue weighted by Crippen LogP contribution is 2.15. The van der Waals surface area contributed by atoms with Crippen molar-refractivity contribution in [2.45, 2.75) is 25.9 Å². The highest BCUT2D eigenvalue weighted by Gasteiger charge is 2.19. The van der Waals surface area contributed by atoms with E-state index in [1.165, 1.54) is 0 Å². The standard InChI is InChI=1S/C13H18N4O/c1-2-11(7-14)17(9-13(16)18)8-10-5-3-4-6-12(10)15/h3-6,11H,2,8-9,15H2,1H3,(H2,16,18). The van der Waals surface area contributed by atoms with Crippen LogP contribution in [0.25, 0.3) is 0 Å². The maximum absolute atomic E-state index is 11.1. The molecule has 0 aromatic heterocycles. The first-order valence-corrected chi connectivity index (χ1v) is 5.83. The monoisotopic (exact) mass is 246 g/mol. The van der Waals surface area contributed by atoms with Gasteiger partial charge in [-0.3, -0.25) is 9.69 Å². The molecular weight excluding hydrogens is 228 g/mol. The van der Waals surface area contributed by atoms with Crippen LogP contribution >= 0.6 is 0 Å². The molecule has 1 aromatic rings. The van der Waals surface area contributed by atoms with E-state index < -0.39 is 5.91 Å². The molecule has 96 valence electrons. The van der Waals surface area contributed by atoms with Crippen LogP contribution in [0.5, 0.6) is 0 Å². The average molecular weight is 246 g/mol. The van der Waals surface area contributed by atoms with Crippen LogP contribution < -0.4 is 11.5 Å². The van der Waals surface area contributed by atoms with Gasteiger partial charge in [0.25, 0.3) is 0 Å². The zero-order valence-electron chi connectivity index (χ0n) is 10.5. The number of nitrogens with two attached hydrogens (primary N) is 2. The molecule has 5 nitrogen and oxygen atoms in total. The number of hydrogen-bond donors (Lipinski definition) is 2. The van der Waals surface area contributed by atoms with E-state index in [9.17, 15) is 4.79 Å². The van der Waals surface area contributed by atoms with E-state index in [0.29, 0.717) is 18.7 Å². The molecule has 0 saturated carbocycles. The van der Waals surface area contributed by atoms with E-state index in [1.807, 2.05) is 25.1 Å². The number of hydrogen-bond acceptors (Lipinski definition) is 4. The summed E-state index contributed by atoms with van der Waals surface area (Å²) in [6.45, 7) is 2.40. The lowest BCUT2D eigenvalue weighted by Crippen LogP contribution is -2.40. The fourth-order valence-corrected chi connectivity index (χ4v) is 1.80. The van der Waals surface area contributed by atoms with E-state index in [1.54, 1.807) is 11.0 Å². The van der Waals surface area contributed by atoms with Crippen LogP contribution in [-0.2, 0) is 11.3 Å². The molecule has 1 aromatic carbocycles. The minimum absolute atomic E-state index is 0.0560. The molecule has 0 aliphatic heterocycles. The van der Waals surface area contributed by atoms with Crippen LogP contribution in [0.15, 0.2) is 24.3 Å². The lowest BCUT2D eigenvalue weighted by molar-refractivity contribution is -0.119. The number of carbonyl (C=O) groups excluding carboxylic acids is 1. The fraction of sp³-hybridized carbons (Fsp3) is 0.385. The van der Waals surface area contributed by atoms with E-state index >= 15 is 0 Å². The number of anilines is 1. The topological polar surface area (TPSA) is 96.1 Å². The molecule has 1 atom stereocenters. The first-order chi connectivity index (χ1) is 8.58. The Balaban J connectivity index is 2.88. The summed E-state index contributed by atoms with van der Waals surface area (Å²) in [6.07, 6.45) is 0.635. The van der Waals surface area contributed by atoms with Gasteiger partial charge in [-0.05, 0) is 18.1 Å². The molecule has 0 aliphatic rings. The van der Waals surface area contributed by atoms with Crippen molar-refractivity contribution in [3.05, 3.63) is 29.8 Å². The van der Waals surface area contributed by atoms with Gasteiger partial charge in [-0.15, -0.1) is 0 Å². The molecule has 1 amide bonds. The Labute approximate surface area is 107 Å². The van der Waals surface area contributed by atoms with Gasteiger partial charge in [0.05, 0.1) is 18.7 Å². The highest BCUT2D eigenvalue weighted by atomic mass is 16.1. The molecular formula is C13H18N4O. The molecule has 0 radical (unpaired) electrons. The van der Waals surface area contributed by atoms with E-state index in [2.05, 4.69) is 6.07 Å². The number of benzene rings is 1. The number of nitrogens with zero attached hydrogens (tertiary/aromatic N) is 2. The zero-order chi connectivity index (χ0) is 13.5. The van der Waals surface area contributed by atoms with Crippen molar-refractivity contribution in [2.24, 2.45) is 5.73 Å². The Kier molecular flexibility index (Phi) is 5.15. The second-order valence-corrected chi connectivity index (χ2v) is 4.12. The van der Waals surface area contributed by atoms with Crippen LogP contribution in [0.2, 0.25) is 0 Å². The van der Waals surface area contributed by atoms with Crippen LogP contribution in [0.3, 0.4) is 0 Å². The predicted molar refractivity (Wildman–Crippen MR) is 70.2 cm³/mol. The maximum atomic E-state index is 11.1. The Bertz CT molecular complexity index is 453. The summed E-state index contributed by atoms with van der Waals surface area (Å²) in [5, 5.41) is 9.08. The van der Waals surface area contributed by atoms with Crippen molar-refractivity contribution in [2.75, 3.05) is 12.3 Å². The molecule has 0 fully saturated rings. The van der Waals surface area contributed by atoms with Gasteiger partial charge >= 0.3 is 0 Å². The van der Waals surface area contributed by atoms with Crippen LogP contribution in [0.1, 0.15) is 18.9 Å². The molecule has 18 heavy (non-hydrogen) atoms. The van der Waals surface area contributed by atoms with Gasteiger partial charge in [-0.2, -0.15) is 5.26 Å². The third kappa shape index (κ3) is 3.75. The van der Waals surface area contributed by atoms with Crippen LogP contribution in [0, 0.1) is 11.3 Å². The SMILES string of the molecule is CCC(C#N)N(CC(N)=O)Cc1ccccc1N. The summed E-state index contributed by atoms with van der Waals surface area (Å²) in [5.74, 6) is -0.446. The first kappa shape index (κ1) is 14.0. The number of amides is 1. The van der Waals surface area contributed by atoms with E-state index in [0.717, 1.165) is 5.56 Å². The minimum Gasteiger partial charge on any atom is -0.398 e. The van der Waals surface area contributed by atoms with Gasteiger partial charge in [-0.25, -0.2) is 0 Å². The van der Waals surface area contributed by atoms with Crippen molar-refractivity contribution in [1.82, 2.24) is 4.90 Å². The Morgan fingerprint density at radius 3 is 2.67 bits per heavy atom. The predicted octanol–water partition coefficient (Wildman–Crippen LogP) is 0.858. The largest absolute Gasteiger partial charge is 0.398 e. The van der Waals surface area contributed by atoms with Crippen LogP contribution in [0.4, 0.5) is 5.69 Å². The van der Waals surface area contributed by atoms with Gasteiger partial charge in [0.2, 0.25) is 5.91 Å². The fourth-order valence-electron chi connectivity index (χ4n) is 1.80. The molecule has 5 heteroatoms. The molecule has 0 saturated heterocycles. The number of para-hydroxylation sites is 1. The summed E-state index contributed by atoms with van der Waals surface area (Å²) in [6, 6.07) is 9.24. The zero-order valence-corrected chi connectivity index (χ0v) is 10.5. The third-order valence-corrected chi connectivity index (χ3v) is 2.76. The molecule has 1 rings (SSSR count). The molecule has 0 bridgehead atoms. The lowest BCUT2D eigenvalue weighted by Gasteiger charge is -2.25. The van der Waals surface area contributed by atoms with Gasteiger partial charge in [0.15, 0.2) is 0 Å². The lowest BCUT2D eigenvalue weighted by atomic mass is 10.1. The van der Waals surface area contributed by atoms with Crippen molar-refractivity contribution >= 4 is 11.6 Å². The Hall–Kier alpha value is -2.06. The highest BCUT2D eigenvalue weighted by molar-refractivity contribution is 5.76. The average Bonchev–Trinajstić information content (AvgIpc) is 2.32. The number of nitriles is 1. The number of primary amides is 1. The number of rotatable bonds is 6. The second kappa shape index (κ2) is 6.62.